The molecule has 0 aliphatic carbocycles. The number of thioether (sulfide) groups is 1. The number of anilines is 3. The lowest BCUT2D eigenvalue weighted by Crippen LogP contribution is -2.37. The van der Waals surface area contributed by atoms with Gasteiger partial charge in [0.25, 0.3) is 0 Å². The van der Waals surface area contributed by atoms with Crippen molar-refractivity contribution in [3.63, 3.8) is 0 Å². The summed E-state index contributed by atoms with van der Waals surface area (Å²) in [5, 5.41) is 3.08. The molecule has 0 bridgehead atoms. The third kappa shape index (κ3) is 4.75. The lowest BCUT2D eigenvalue weighted by atomic mass is 10.2. The van der Waals surface area contributed by atoms with E-state index in [9.17, 15) is 9.59 Å². The predicted molar refractivity (Wildman–Crippen MR) is 120 cm³/mol. The first-order valence-corrected chi connectivity index (χ1v) is 11.4. The van der Waals surface area contributed by atoms with Crippen molar-refractivity contribution in [3.05, 3.63) is 48.5 Å². The van der Waals surface area contributed by atoms with Crippen LogP contribution >= 0.6 is 11.8 Å². The summed E-state index contributed by atoms with van der Waals surface area (Å²) in [5.41, 5.74) is 2.87. The first-order valence-electron chi connectivity index (χ1n) is 10.4. The summed E-state index contributed by atoms with van der Waals surface area (Å²) in [6.45, 7) is 2.46. The highest BCUT2D eigenvalue weighted by Crippen LogP contribution is 2.35. The number of rotatable bonds is 5. The lowest BCUT2D eigenvalue weighted by molar-refractivity contribution is -0.117. The SMILES string of the molecule is O=C(CCN1C(=O)CSc2ccccc21)Nc1ccccc1N1CCCCCC1. The van der Waals surface area contributed by atoms with Crippen molar-refractivity contribution in [1.82, 2.24) is 0 Å². The van der Waals surface area contributed by atoms with Gasteiger partial charge in [0.15, 0.2) is 0 Å². The minimum Gasteiger partial charge on any atom is -0.370 e. The van der Waals surface area contributed by atoms with Crippen LogP contribution in [0.3, 0.4) is 0 Å². The molecule has 2 aliphatic heterocycles. The van der Waals surface area contributed by atoms with Crippen LogP contribution in [-0.4, -0.2) is 37.2 Å². The number of carbonyl (C=O) groups excluding carboxylic acids is 2. The Balaban J connectivity index is 1.41. The second kappa shape index (κ2) is 9.35. The van der Waals surface area contributed by atoms with E-state index in [4.69, 9.17) is 0 Å². The Hall–Kier alpha value is -2.47. The highest BCUT2D eigenvalue weighted by Gasteiger charge is 2.25. The summed E-state index contributed by atoms with van der Waals surface area (Å²) in [6, 6.07) is 15.9. The Morgan fingerprint density at radius 1 is 0.931 bits per heavy atom. The molecule has 1 fully saturated rings. The summed E-state index contributed by atoms with van der Waals surface area (Å²) in [7, 11) is 0. The molecule has 0 radical (unpaired) electrons. The summed E-state index contributed by atoms with van der Waals surface area (Å²) in [6.07, 6.45) is 5.20. The van der Waals surface area contributed by atoms with E-state index in [2.05, 4.69) is 16.3 Å². The van der Waals surface area contributed by atoms with Crippen LogP contribution in [0.15, 0.2) is 53.4 Å². The normalized spacial score (nSPS) is 16.9. The molecule has 0 atom stereocenters. The average Bonchev–Trinajstić information content (AvgIpc) is 3.03. The number of nitrogens with one attached hydrogen (secondary N) is 1. The maximum absolute atomic E-state index is 12.7. The van der Waals surface area contributed by atoms with Crippen molar-refractivity contribution in [2.24, 2.45) is 0 Å². The highest BCUT2D eigenvalue weighted by atomic mass is 32.2. The van der Waals surface area contributed by atoms with Crippen LogP contribution in [0.5, 0.6) is 0 Å². The molecule has 0 saturated carbocycles. The topological polar surface area (TPSA) is 52.7 Å². The Kier molecular flexibility index (Phi) is 6.39. The van der Waals surface area contributed by atoms with Crippen LogP contribution in [0, 0.1) is 0 Å². The van der Waals surface area contributed by atoms with Gasteiger partial charge >= 0.3 is 0 Å². The van der Waals surface area contributed by atoms with Crippen molar-refractivity contribution in [2.45, 2.75) is 37.0 Å². The molecule has 2 aromatic carbocycles. The molecule has 0 unspecified atom stereocenters. The predicted octanol–water partition coefficient (Wildman–Crippen LogP) is 4.53. The molecule has 2 amide bonds. The fraction of sp³-hybridized carbons (Fsp3) is 0.391. The molecule has 2 aromatic rings. The van der Waals surface area contributed by atoms with Crippen molar-refractivity contribution < 1.29 is 9.59 Å². The van der Waals surface area contributed by atoms with Gasteiger partial charge in [0.1, 0.15) is 0 Å². The number of amides is 2. The smallest absolute Gasteiger partial charge is 0.237 e. The Morgan fingerprint density at radius 2 is 1.62 bits per heavy atom. The number of nitrogens with zero attached hydrogens (tertiary/aromatic N) is 2. The van der Waals surface area contributed by atoms with E-state index in [1.165, 1.54) is 25.7 Å². The van der Waals surface area contributed by atoms with Gasteiger partial charge < -0.3 is 15.1 Å². The molecule has 2 heterocycles. The van der Waals surface area contributed by atoms with Crippen molar-refractivity contribution in [3.8, 4) is 0 Å². The van der Waals surface area contributed by atoms with Crippen LogP contribution in [0.4, 0.5) is 17.1 Å². The molecule has 152 valence electrons. The first kappa shape index (κ1) is 19.8. The van der Waals surface area contributed by atoms with Crippen molar-refractivity contribution in [1.29, 1.82) is 0 Å². The average molecular weight is 410 g/mol. The fourth-order valence-corrected chi connectivity index (χ4v) is 4.93. The van der Waals surface area contributed by atoms with Gasteiger partial charge in [0.05, 0.1) is 22.8 Å². The van der Waals surface area contributed by atoms with E-state index < -0.39 is 0 Å². The molecular formula is C23H27N3O2S. The van der Waals surface area contributed by atoms with Gasteiger partial charge in [-0.05, 0) is 37.1 Å². The number of benzene rings is 2. The maximum atomic E-state index is 12.7. The number of fused-ring (bicyclic) bond motifs is 1. The van der Waals surface area contributed by atoms with Crippen LogP contribution in [0.2, 0.25) is 0 Å². The third-order valence-electron chi connectivity index (χ3n) is 5.50. The van der Waals surface area contributed by atoms with E-state index in [1.807, 2.05) is 42.5 Å². The summed E-state index contributed by atoms with van der Waals surface area (Å²) >= 11 is 1.56. The standard InChI is InChI=1S/C23H27N3O2S/c27-22(13-16-26-20-11-5-6-12-21(20)29-17-23(26)28)24-18-9-3-4-10-19(18)25-14-7-1-2-8-15-25/h3-6,9-12H,1-2,7-8,13-17H2,(H,24,27). The third-order valence-corrected chi connectivity index (χ3v) is 6.54. The van der Waals surface area contributed by atoms with Gasteiger partial charge in [-0.25, -0.2) is 0 Å². The zero-order valence-corrected chi connectivity index (χ0v) is 17.4. The van der Waals surface area contributed by atoms with Crippen LogP contribution in [0.25, 0.3) is 0 Å². The Labute approximate surface area is 176 Å². The molecular weight excluding hydrogens is 382 g/mol. The van der Waals surface area contributed by atoms with Gasteiger partial charge in [-0.15, -0.1) is 11.8 Å². The summed E-state index contributed by atoms with van der Waals surface area (Å²) in [5.74, 6) is 0.429. The summed E-state index contributed by atoms with van der Waals surface area (Å²) in [4.78, 5) is 30.3. The second-order valence-electron chi connectivity index (χ2n) is 7.52. The maximum Gasteiger partial charge on any atom is 0.237 e. The van der Waals surface area contributed by atoms with Crippen molar-refractivity contribution in [2.75, 3.05) is 40.5 Å². The van der Waals surface area contributed by atoms with Crippen LogP contribution < -0.4 is 15.1 Å². The molecule has 1 N–H and O–H groups in total. The van der Waals surface area contributed by atoms with E-state index in [1.54, 1.807) is 16.7 Å². The van der Waals surface area contributed by atoms with E-state index >= 15 is 0 Å². The van der Waals surface area contributed by atoms with Crippen LogP contribution in [0.1, 0.15) is 32.1 Å². The van der Waals surface area contributed by atoms with Crippen LogP contribution in [-0.2, 0) is 9.59 Å². The lowest BCUT2D eigenvalue weighted by Gasteiger charge is -2.29. The highest BCUT2D eigenvalue weighted by molar-refractivity contribution is 8.00. The minimum atomic E-state index is -0.0595. The van der Waals surface area contributed by atoms with Gasteiger partial charge in [0.2, 0.25) is 11.8 Å². The minimum absolute atomic E-state index is 0.0595. The Bertz CT molecular complexity index is 878. The zero-order chi connectivity index (χ0) is 20.1. The van der Waals surface area contributed by atoms with E-state index in [0.29, 0.717) is 12.3 Å². The zero-order valence-electron chi connectivity index (χ0n) is 16.6. The molecule has 4 rings (SSSR count). The monoisotopic (exact) mass is 409 g/mol. The quantitative estimate of drug-likeness (QED) is 0.788. The van der Waals surface area contributed by atoms with Gasteiger partial charge in [0, 0.05) is 31.0 Å². The second-order valence-corrected chi connectivity index (χ2v) is 8.54. The van der Waals surface area contributed by atoms with Crippen molar-refractivity contribution >= 4 is 40.6 Å². The number of hydrogen-bond donors (Lipinski definition) is 1. The molecule has 2 aliphatic rings. The first-order chi connectivity index (χ1) is 14.2. The molecule has 0 aromatic heterocycles. The van der Waals surface area contributed by atoms with Gasteiger partial charge in [-0.3, -0.25) is 9.59 Å². The summed E-state index contributed by atoms with van der Waals surface area (Å²) < 4.78 is 0. The molecule has 5 nitrogen and oxygen atoms in total. The molecule has 6 heteroatoms. The molecule has 29 heavy (non-hydrogen) atoms. The number of carbonyl (C=O) groups is 2. The fourth-order valence-electron chi connectivity index (χ4n) is 3.99. The number of hydrogen-bond acceptors (Lipinski definition) is 4. The van der Waals surface area contributed by atoms with Gasteiger partial charge in [-0.2, -0.15) is 0 Å². The number of para-hydroxylation sites is 3. The van der Waals surface area contributed by atoms with E-state index in [0.717, 1.165) is 35.0 Å². The Morgan fingerprint density at radius 3 is 2.41 bits per heavy atom. The van der Waals surface area contributed by atoms with E-state index in [-0.39, 0.29) is 18.2 Å². The largest absolute Gasteiger partial charge is 0.370 e. The molecule has 1 saturated heterocycles. The van der Waals surface area contributed by atoms with Gasteiger partial charge in [-0.1, -0.05) is 37.1 Å². The molecule has 0 spiro atoms.